The van der Waals surface area contributed by atoms with Crippen LogP contribution in [0.2, 0.25) is 0 Å². The number of hydrogen-bond donors (Lipinski definition) is 1. The summed E-state index contributed by atoms with van der Waals surface area (Å²) in [5.74, 6) is 0.285. The highest BCUT2D eigenvalue weighted by molar-refractivity contribution is 5.96. The molecule has 28 heavy (non-hydrogen) atoms. The first kappa shape index (κ1) is 17.5. The Morgan fingerprint density at radius 1 is 1.18 bits per heavy atom. The summed E-state index contributed by atoms with van der Waals surface area (Å²) in [5, 5.41) is 1.19. The Labute approximate surface area is 165 Å². The average Bonchev–Trinajstić information content (AvgIpc) is 3.18. The van der Waals surface area contributed by atoms with Crippen molar-refractivity contribution in [1.82, 2.24) is 9.88 Å². The molecule has 1 fully saturated rings. The molecule has 0 saturated carbocycles. The van der Waals surface area contributed by atoms with Crippen LogP contribution in [0.3, 0.4) is 0 Å². The highest BCUT2D eigenvalue weighted by Crippen LogP contribution is 2.43. The zero-order valence-corrected chi connectivity index (χ0v) is 16.3. The van der Waals surface area contributed by atoms with Crippen LogP contribution in [-0.4, -0.2) is 35.5 Å². The van der Waals surface area contributed by atoms with Gasteiger partial charge in [0.1, 0.15) is 5.69 Å². The molecule has 1 aromatic heterocycles. The topological polar surface area (TPSA) is 45.3 Å². The minimum Gasteiger partial charge on any atom is -0.464 e. The largest absolute Gasteiger partial charge is 0.464 e. The zero-order valence-electron chi connectivity index (χ0n) is 16.3. The highest BCUT2D eigenvalue weighted by Gasteiger charge is 2.37. The molecule has 2 atom stereocenters. The van der Waals surface area contributed by atoms with E-state index in [-0.39, 0.29) is 5.97 Å². The van der Waals surface area contributed by atoms with E-state index >= 15 is 0 Å². The number of nitrogens with zero attached hydrogens (tertiary/aromatic N) is 1. The maximum atomic E-state index is 11.9. The lowest BCUT2D eigenvalue weighted by molar-refractivity contribution is 0.0595. The van der Waals surface area contributed by atoms with Gasteiger partial charge in [-0.1, -0.05) is 36.4 Å². The monoisotopic (exact) mass is 374 g/mol. The van der Waals surface area contributed by atoms with Crippen molar-refractivity contribution in [2.45, 2.75) is 44.2 Å². The smallest absolute Gasteiger partial charge is 0.354 e. The van der Waals surface area contributed by atoms with Gasteiger partial charge in [0.15, 0.2) is 0 Å². The summed E-state index contributed by atoms with van der Waals surface area (Å²) in [6.07, 6.45) is 4.74. The minimum absolute atomic E-state index is 0.301. The lowest BCUT2D eigenvalue weighted by atomic mass is 9.73. The second-order valence-corrected chi connectivity index (χ2v) is 8.08. The second-order valence-electron chi connectivity index (χ2n) is 8.08. The summed E-state index contributed by atoms with van der Waals surface area (Å²) in [7, 11) is 1.43. The zero-order chi connectivity index (χ0) is 19.1. The van der Waals surface area contributed by atoms with Crippen LogP contribution < -0.4 is 0 Å². The number of aryl methyl sites for hydroxylation is 1. The normalized spacial score (nSPS) is 21.9. The van der Waals surface area contributed by atoms with E-state index in [1.165, 1.54) is 55.0 Å². The number of carbonyl (C=O) groups is 1. The van der Waals surface area contributed by atoms with Crippen molar-refractivity contribution in [2.75, 3.05) is 13.7 Å². The molecule has 5 rings (SSSR count). The van der Waals surface area contributed by atoms with Gasteiger partial charge in [-0.15, -0.1) is 0 Å². The van der Waals surface area contributed by atoms with E-state index in [9.17, 15) is 4.79 Å². The van der Waals surface area contributed by atoms with Gasteiger partial charge in [-0.05, 0) is 67.0 Å². The predicted molar refractivity (Wildman–Crippen MR) is 111 cm³/mol. The molecule has 2 aliphatic rings. The molecule has 4 nitrogen and oxygen atoms in total. The molecule has 0 bridgehead atoms. The van der Waals surface area contributed by atoms with Crippen molar-refractivity contribution in [3.63, 3.8) is 0 Å². The second kappa shape index (κ2) is 7.10. The number of hydrogen-bond acceptors (Lipinski definition) is 3. The van der Waals surface area contributed by atoms with Crippen molar-refractivity contribution in [1.29, 1.82) is 0 Å². The number of aromatic amines is 1. The summed E-state index contributed by atoms with van der Waals surface area (Å²) in [6.45, 7) is 2.22. The Balaban J connectivity index is 1.48. The molecule has 3 aromatic rings. The first-order chi connectivity index (χ1) is 13.7. The number of likely N-dealkylation sites (tertiary alicyclic amines) is 1. The van der Waals surface area contributed by atoms with Gasteiger partial charge in [0.2, 0.25) is 0 Å². The van der Waals surface area contributed by atoms with E-state index in [4.69, 9.17) is 4.74 Å². The van der Waals surface area contributed by atoms with Gasteiger partial charge in [-0.3, -0.25) is 4.90 Å². The third-order valence-corrected chi connectivity index (χ3v) is 6.57. The van der Waals surface area contributed by atoms with Crippen molar-refractivity contribution < 1.29 is 9.53 Å². The lowest BCUT2D eigenvalue weighted by Gasteiger charge is -2.45. The molecule has 0 radical (unpaired) electrons. The quantitative estimate of drug-likeness (QED) is 0.679. The van der Waals surface area contributed by atoms with Crippen LogP contribution in [0.25, 0.3) is 10.9 Å². The third kappa shape index (κ3) is 2.92. The number of fused-ring (bicyclic) bond motifs is 5. The Kier molecular flexibility index (Phi) is 4.44. The number of rotatable bonds is 3. The fraction of sp³-hybridized carbons (Fsp3) is 0.375. The van der Waals surface area contributed by atoms with Crippen molar-refractivity contribution in [2.24, 2.45) is 0 Å². The molecule has 1 aliphatic carbocycles. The Morgan fingerprint density at radius 3 is 2.86 bits per heavy atom. The van der Waals surface area contributed by atoms with Gasteiger partial charge in [-0.25, -0.2) is 4.79 Å². The highest BCUT2D eigenvalue weighted by atomic mass is 16.5. The summed E-state index contributed by atoms with van der Waals surface area (Å²) in [4.78, 5) is 17.8. The van der Waals surface area contributed by atoms with Crippen LogP contribution in [0.15, 0.2) is 48.5 Å². The molecule has 1 aliphatic heterocycles. The number of aromatic nitrogens is 1. The van der Waals surface area contributed by atoms with Gasteiger partial charge in [0.05, 0.1) is 7.11 Å². The van der Waals surface area contributed by atoms with Crippen molar-refractivity contribution in [3.8, 4) is 0 Å². The van der Waals surface area contributed by atoms with Gasteiger partial charge in [0.25, 0.3) is 0 Å². The summed E-state index contributed by atoms with van der Waals surface area (Å²) in [5.41, 5.74) is 5.89. The van der Waals surface area contributed by atoms with E-state index in [1.54, 1.807) is 0 Å². The van der Waals surface area contributed by atoms with E-state index in [1.807, 2.05) is 6.07 Å². The third-order valence-electron chi connectivity index (χ3n) is 6.57. The van der Waals surface area contributed by atoms with Crippen LogP contribution in [0.4, 0.5) is 0 Å². The van der Waals surface area contributed by atoms with Crippen LogP contribution in [0.5, 0.6) is 0 Å². The lowest BCUT2D eigenvalue weighted by Crippen LogP contribution is -2.45. The summed E-state index contributed by atoms with van der Waals surface area (Å²) >= 11 is 0. The molecule has 1 saturated heterocycles. The maximum absolute atomic E-state index is 11.9. The number of piperidine rings is 1. The van der Waals surface area contributed by atoms with Crippen LogP contribution in [-0.2, 0) is 17.7 Å². The van der Waals surface area contributed by atoms with Gasteiger partial charge < -0.3 is 9.72 Å². The van der Waals surface area contributed by atoms with E-state index in [0.717, 1.165) is 18.5 Å². The Hall–Kier alpha value is -2.59. The van der Waals surface area contributed by atoms with E-state index < -0.39 is 0 Å². The van der Waals surface area contributed by atoms with E-state index in [2.05, 4.69) is 52.3 Å². The molecule has 2 heterocycles. The number of nitrogens with one attached hydrogen (secondary N) is 1. The van der Waals surface area contributed by atoms with Crippen molar-refractivity contribution in [3.05, 3.63) is 70.9 Å². The van der Waals surface area contributed by atoms with Crippen LogP contribution in [0, 0.1) is 0 Å². The SMILES string of the molecule is COC(=O)c1cc2c3c(ccc2[nH]1)C1CCCN(Cc2ccccc2)C1CC3. The Bertz CT molecular complexity index is 1010. The average molecular weight is 374 g/mol. The van der Waals surface area contributed by atoms with Gasteiger partial charge in [0, 0.05) is 23.5 Å². The predicted octanol–water partition coefficient (Wildman–Crippen LogP) is 4.65. The fourth-order valence-electron chi connectivity index (χ4n) is 5.31. The van der Waals surface area contributed by atoms with Crippen molar-refractivity contribution >= 4 is 16.9 Å². The number of carbonyl (C=O) groups excluding carboxylic acids is 1. The number of benzene rings is 2. The molecule has 4 heteroatoms. The summed E-state index contributed by atoms with van der Waals surface area (Å²) in [6, 6.07) is 17.8. The Morgan fingerprint density at radius 2 is 2.04 bits per heavy atom. The minimum atomic E-state index is -0.301. The van der Waals surface area contributed by atoms with Crippen LogP contribution in [0.1, 0.15) is 52.4 Å². The van der Waals surface area contributed by atoms with Gasteiger partial charge >= 0.3 is 5.97 Å². The molecule has 0 spiro atoms. The fourth-order valence-corrected chi connectivity index (χ4v) is 5.31. The first-order valence-electron chi connectivity index (χ1n) is 10.3. The number of H-pyrrole nitrogens is 1. The van der Waals surface area contributed by atoms with Crippen LogP contribution >= 0.6 is 0 Å². The molecule has 2 unspecified atom stereocenters. The molecule has 2 aromatic carbocycles. The maximum Gasteiger partial charge on any atom is 0.354 e. The van der Waals surface area contributed by atoms with Gasteiger partial charge in [-0.2, -0.15) is 0 Å². The van der Waals surface area contributed by atoms with E-state index in [0.29, 0.717) is 17.7 Å². The molecule has 1 N–H and O–H groups in total. The number of esters is 1. The molecular weight excluding hydrogens is 348 g/mol. The summed E-state index contributed by atoms with van der Waals surface area (Å²) < 4.78 is 4.89. The standard InChI is InChI=1S/C24H26N2O2/c1-28-24(27)22-14-20-18-10-12-23-19(17(18)9-11-21(20)25-22)8-5-13-26(23)15-16-6-3-2-4-7-16/h2-4,6-7,9,11,14,19,23,25H,5,8,10,12-13,15H2,1H3. The number of ether oxygens (including phenoxy) is 1. The number of methoxy groups -OCH3 is 1. The molecule has 0 amide bonds. The molecular formula is C24H26N2O2. The first-order valence-corrected chi connectivity index (χ1v) is 10.3. The molecule has 144 valence electrons.